The molecule has 0 radical (unpaired) electrons. The standard InChI is InChI=1S/C13H14F3N5O/c1-7(12(2)3-4-12)19-11-17-5-8(6-18-11)9-20-10(22-21-9)13(14,15)16/h5-7H,3-4H2,1-2H3,(H,17,18,19). The van der Waals surface area contributed by atoms with E-state index in [0.717, 1.165) is 12.8 Å². The molecule has 1 atom stereocenters. The van der Waals surface area contributed by atoms with Gasteiger partial charge in [0, 0.05) is 18.4 Å². The highest BCUT2D eigenvalue weighted by Gasteiger charge is 2.42. The van der Waals surface area contributed by atoms with Crippen LogP contribution in [-0.2, 0) is 6.18 Å². The third kappa shape index (κ3) is 2.88. The molecule has 1 aliphatic rings. The highest BCUT2D eigenvalue weighted by atomic mass is 19.4. The predicted octanol–water partition coefficient (Wildman–Crippen LogP) is 3.15. The number of nitrogens with zero attached hydrogens (tertiary/aromatic N) is 4. The Morgan fingerprint density at radius 3 is 2.41 bits per heavy atom. The normalized spacial score (nSPS) is 18.0. The largest absolute Gasteiger partial charge is 0.471 e. The molecule has 0 saturated heterocycles. The van der Waals surface area contributed by atoms with E-state index in [-0.39, 0.29) is 22.8 Å². The van der Waals surface area contributed by atoms with Gasteiger partial charge in [-0.1, -0.05) is 12.1 Å². The van der Waals surface area contributed by atoms with Crippen molar-refractivity contribution in [2.75, 3.05) is 5.32 Å². The Kier molecular flexibility index (Phi) is 3.30. The first-order chi connectivity index (χ1) is 10.3. The van der Waals surface area contributed by atoms with Crippen molar-refractivity contribution in [3.63, 3.8) is 0 Å². The van der Waals surface area contributed by atoms with E-state index in [9.17, 15) is 13.2 Å². The summed E-state index contributed by atoms with van der Waals surface area (Å²) < 4.78 is 41.4. The van der Waals surface area contributed by atoms with Gasteiger partial charge in [-0.05, 0) is 25.2 Å². The number of halogens is 3. The third-order valence-corrected chi connectivity index (χ3v) is 4.01. The number of hydrogen-bond acceptors (Lipinski definition) is 6. The Labute approximate surface area is 124 Å². The maximum atomic E-state index is 12.4. The lowest BCUT2D eigenvalue weighted by Crippen LogP contribution is -2.25. The number of nitrogens with one attached hydrogen (secondary N) is 1. The highest BCUT2D eigenvalue weighted by Crippen LogP contribution is 2.48. The van der Waals surface area contributed by atoms with Gasteiger partial charge in [0.15, 0.2) is 0 Å². The molecular weight excluding hydrogens is 299 g/mol. The van der Waals surface area contributed by atoms with Crippen LogP contribution in [0.25, 0.3) is 11.4 Å². The second-order valence-electron chi connectivity index (χ2n) is 5.74. The molecule has 1 saturated carbocycles. The maximum absolute atomic E-state index is 12.4. The van der Waals surface area contributed by atoms with Crippen molar-refractivity contribution in [2.24, 2.45) is 5.41 Å². The van der Waals surface area contributed by atoms with Crippen LogP contribution in [0, 0.1) is 5.41 Å². The van der Waals surface area contributed by atoms with Crippen molar-refractivity contribution in [3.05, 3.63) is 18.3 Å². The van der Waals surface area contributed by atoms with Gasteiger partial charge in [0.2, 0.25) is 11.8 Å². The minimum Gasteiger partial charge on any atom is -0.351 e. The Hall–Kier alpha value is -2.19. The number of aromatic nitrogens is 4. The monoisotopic (exact) mass is 313 g/mol. The predicted molar refractivity (Wildman–Crippen MR) is 70.8 cm³/mol. The van der Waals surface area contributed by atoms with Crippen molar-refractivity contribution >= 4 is 5.95 Å². The first-order valence-electron chi connectivity index (χ1n) is 6.78. The van der Waals surface area contributed by atoms with Crippen molar-refractivity contribution in [2.45, 2.75) is 38.9 Å². The van der Waals surface area contributed by atoms with Crippen LogP contribution in [-0.4, -0.2) is 26.2 Å². The minimum absolute atomic E-state index is 0.193. The fraction of sp³-hybridized carbons (Fsp3) is 0.538. The number of anilines is 1. The lowest BCUT2D eigenvalue weighted by atomic mass is 10.0. The molecule has 6 nitrogen and oxygen atoms in total. The Bertz CT molecular complexity index is 663. The molecule has 1 aliphatic carbocycles. The van der Waals surface area contributed by atoms with Gasteiger partial charge < -0.3 is 9.84 Å². The van der Waals surface area contributed by atoms with Gasteiger partial charge >= 0.3 is 12.1 Å². The summed E-state index contributed by atoms with van der Waals surface area (Å²) in [7, 11) is 0. The van der Waals surface area contributed by atoms with Crippen LogP contribution >= 0.6 is 0 Å². The van der Waals surface area contributed by atoms with E-state index >= 15 is 0 Å². The molecule has 2 aromatic heterocycles. The smallest absolute Gasteiger partial charge is 0.351 e. The second-order valence-corrected chi connectivity index (χ2v) is 5.74. The van der Waals surface area contributed by atoms with Crippen LogP contribution in [0.3, 0.4) is 0 Å². The second kappa shape index (κ2) is 4.92. The van der Waals surface area contributed by atoms with Crippen LogP contribution in [0.1, 0.15) is 32.6 Å². The van der Waals surface area contributed by atoms with Crippen LogP contribution in [0.4, 0.5) is 19.1 Å². The molecule has 0 aromatic carbocycles. The number of alkyl halides is 3. The Morgan fingerprint density at radius 1 is 1.27 bits per heavy atom. The summed E-state index contributed by atoms with van der Waals surface area (Å²) in [6.07, 6.45) is 0.373. The molecule has 3 rings (SSSR count). The van der Waals surface area contributed by atoms with Gasteiger partial charge in [0.25, 0.3) is 0 Å². The quantitative estimate of drug-likeness (QED) is 0.934. The summed E-state index contributed by atoms with van der Waals surface area (Å²) >= 11 is 0. The molecule has 0 spiro atoms. The zero-order valence-corrected chi connectivity index (χ0v) is 12.0. The summed E-state index contributed by atoms with van der Waals surface area (Å²) in [5.74, 6) is -1.16. The van der Waals surface area contributed by atoms with E-state index in [1.165, 1.54) is 12.4 Å². The molecule has 118 valence electrons. The fourth-order valence-electron chi connectivity index (χ4n) is 1.97. The zero-order valence-electron chi connectivity index (χ0n) is 12.0. The average Bonchev–Trinajstić information content (AvgIpc) is 3.02. The third-order valence-electron chi connectivity index (χ3n) is 4.01. The molecule has 9 heteroatoms. The van der Waals surface area contributed by atoms with Gasteiger partial charge in [-0.2, -0.15) is 18.2 Å². The van der Waals surface area contributed by atoms with Crippen molar-refractivity contribution in [3.8, 4) is 11.4 Å². The summed E-state index contributed by atoms with van der Waals surface area (Å²) in [4.78, 5) is 11.5. The van der Waals surface area contributed by atoms with Crippen LogP contribution < -0.4 is 5.32 Å². The summed E-state index contributed by atoms with van der Waals surface area (Å²) in [6.45, 7) is 4.23. The summed E-state index contributed by atoms with van der Waals surface area (Å²) in [5, 5.41) is 6.47. The van der Waals surface area contributed by atoms with Crippen LogP contribution in [0.15, 0.2) is 16.9 Å². The lowest BCUT2D eigenvalue weighted by Gasteiger charge is -2.19. The fourth-order valence-corrected chi connectivity index (χ4v) is 1.97. The molecular formula is C13H14F3N5O. The molecule has 0 aliphatic heterocycles. The minimum atomic E-state index is -4.66. The molecule has 0 bridgehead atoms. The Morgan fingerprint density at radius 2 is 1.91 bits per heavy atom. The van der Waals surface area contributed by atoms with Gasteiger partial charge in [0.1, 0.15) is 0 Å². The van der Waals surface area contributed by atoms with E-state index in [2.05, 4.69) is 43.8 Å². The topological polar surface area (TPSA) is 76.7 Å². The van der Waals surface area contributed by atoms with Crippen LogP contribution in [0.2, 0.25) is 0 Å². The molecule has 2 aromatic rings. The van der Waals surface area contributed by atoms with Gasteiger partial charge in [0.05, 0.1) is 5.56 Å². The van der Waals surface area contributed by atoms with Crippen molar-refractivity contribution < 1.29 is 17.7 Å². The van der Waals surface area contributed by atoms with E-state index < -0.39 is 12.1 Å². The highest BCUT2D eigenvalue weighted by molar-refractivity contribution is 5.52. The van der Waals surface area contributed by atoms with E-state index in [1.54, 1.807) is 0 Å². The molecule has 22 heavy (non-hydrogen) atoms. The Balaban J connectivity index is 1.72. The van der Waals surface area contributed by atoms with Crippen molar-refractivity contribution in [1.29, 1.82) is 0 Å². The first kappa shape index (κ1) is 14.7. The van der Waals surface area contributed by atoms with Gasteiger partial charge in [-0.15, -0.1) is 0 Å². The van der Waals surface area contributed by atoms with Crippen LogP contribution in [0.5, 0.6) is 0 Å². The molecule has 0 amide bonds. The SMILES string of the molecule is CC(Nc1ncc(-c2noc(C(F)(F)F)n2)cn1)C1(C)CC1. The van der Waals surface area contributed by atoms with Crippen molar-refractivity contribution in [1.82, 2.24) is 20.1 Å². The number of rotatable bonds is 4. The molecule has 2 heterocycles. The number of hydrogen-bond donors (Lipinski definition) is 1. The first-order valence-corrected chi connectivity index (χ1v) is 6.78. The molecule has 1 N–H and O–H groups in total. The lowest BCUT2D eigenvalue weighted by molar-refractivity contribution is -0.159. The molecule has 1 unspecified atom stereocenters. The average molecular weight is 313 g/mol. The molecule has 1 fully saturated rings. The van der Waals surface area contributed by atoms with Gasteiger partial charge in [-0.25, -0.2) is 9.97 Å². The zero-order chi connectivity index (χ0) is 16.0. The van der Waals surface area contributed by atoms with E-state index in [4.69, 9.17) is 0 Å². The summed E-state index contributed by atoms with van der Waals surface area (Å²) in [5.41, 5.74) is 0.521. The van der Waals surface area contributed by atoms with Gasteiger partial charge in [-0.3, -0.25) is 0 Å². The van der Waals surface area contributed by atoms with E-state index in [0.29, 0.717) is 5.95 Å². The maximum Gasteiger partial charge on any atom is 0.471 e. The summed E-state index contributed by atoms with van der Waals surface area (Å²) in [6, 6.07) is 0.223. The van der Waals surface area contributed by atoms with E-state index in [1.807, 2.05) is 0 Å².